The number of hydrogen-bond donors (Lipinski definition) is 1. The number of aryl methyl sites for hydroxylation is 3. The molecule has 34 heavy (non-hydrogen) atoms. The van der Waals surface area contributed by atoms with E-state index < -0.39 is 5.97 Å². The zero-order valence-corrected chi connectivity index (χ0v) is 21.3. The fraction of sp³-hybridized carbons (Fsp3) is 0.222. The number of benzene rings is 2. The summed E-state index contributed by atoms with van der Waals surface area (Å²) in [5, 5.41) is 4.69. The summed E-state index contributed by atoms with van der Waals surface area (Å²) in [5.74, 6) is -0.803. The molecule has 0 atom stereocenters. The Morgan fingerprint density at radius 2 is 1.76 bits per heavy atom. The second kappa shape index (κ2) is 9.57. The molecule has 1 N–H and O–H groups in total. The summed E-state index contributed by atoms with van der Waals surface area (Å²) < 4.78 is 4.95. The molecule has 4 aromatic rings. The summed E-state index contributed by atoms with van der Waals surface area (Å²) in [6.07, 6.45) is 0.940. The highest BCUT2D eigenvalue weighted by molar-refractivity contribution is 7.16. The Labute approximate surface area is 207 Å². The molecule has 2 heterocycles. The molecule has 0 radical (unpaired) electrons. The third-order valence-corrected chi connectivity index (χ3v) is 7.60. The van der Waals surface area contributed by atoms with Crippen molar-refractivity contribution in [2.24, 2.45) is 0 Å². The molecule has 174 valence electrons. The van der Waals surface area contributed by atoms with Crippen LogP contribution in [0.1, 0.15) is 49.2 Å². The minimum Gasteiger partial charge on any atom is -0.465 e. The van der Waals surface area contributed by atoms with Crippen molar-refractivity contribution < 1.29 is 14.3 Å². The average molecular weight is 493 g/mol. The van der Waals surface area contributed by atoms with Crippen molar-refractivity contribution >= 4 is 50.7 Å². The Hall–Kier alpha value is -3.22. The number of pyridine rings is 1. The maximum Gasteiger partial charge on any atom is 0.341 e. The molecule has 2 aromatic heterocycles. The van der Waals surface area contributed by atoms with Gasteiger partial charge < -0.3 is 10.1 Å². The summed E-state index contributed by atoms with van der Waals surface area (Å²) in [7, 11) is 1.33. The first-order chi connectivity index (χ1) is 16.2. The quantitative estimate of drug-likeness (QED) is 0.300. The van der Waals surface area contributed by atoms with E-state index in [0.29, 0.717) is 37.7 Å². The Morgan fingerprint density at radius 1 is 1.06 bits per heavy atom. The number of methoxy groups -OCH3 is 1. The van der Waals surface area contributed by atoms with Crippen LogP contribution >= 0.6 is 22.9 Å². The van der Waals surface area contributed by atoms with Crippen molar-refractivity contribution in [3.05, 3.63) is 80.2 Å². The number of esters is 1. The fourth-order valence-electron chi connectivity index (χ4n) is 3.88. The molecule has 0 spiro atoms. The SMILES string of the molecule is CCc1ccc(-c2cc(C(=O)Nc3sc(C)c(C)c3C(=O)OC)c3ccc(Cl)c(C)c3n2)cc1. The molecular weight excluding hydrogens is 468 g/mol. The number of aromatic nitrogens is 1. The minimum absolute atomic E-state index is 0.327. The van der Waals surface area contributed by atoms with Crippen LogP contribution in [0, 0.1) is 20.8 Å². The van der Waals surface area contributed by atoms with Crippen LogP contribution in [0.15, 0.2) is 42.5 Å². The topological polar surface area (TPSA) is 68.3 Å². The van der Waals surface area contributed by atoms with Crippen molar-refractivity contribution in [3.8, 4) is 11.3 Å². The van der Waals surface area contributed by atoms with Crippen LogP contribution in [-0.2, 0) is 11.2 Å². The second-order valence-corrected chi connectivity index (χ2v) is 9.74. The lowest BCUT2D eigenvalue weighted by atomic mass is 10.0. The minimum atomic E-state index is -0.476. The smallest absolute Gasteiger partial charge is 0.341 e. The van der Waals surface area contributed by atoms with Crippen LogP contribution in [0.2, 0.25) is 5.02 Å². The van der Waals surface area contributed by atoms with Gasteiger partial charge in [-0.2, -0.15) is 0 Å². The molecular formula is C27H25ClN2O3S. The first-order valence-corrected chi connectivity index (χ1v) is 12.1. The molecule has 0 saturated carbocycles. The van der Waals surface area contributed by atoms with E-state index in [1.165, 1.54) is 24.0 Å². The standard InChI is InChI=1S/C27H25ClN2O3S/c1-6-17-7-9-18(10-8-17)22-13-20(19-11-12-21(28)15(3)24(19)29-22)25(31)30-26-23(27(32)33-5)14(2)16(4)34-26/h7-13H,6H2,1-5H3,(H,30,31). The summed E-state index contributed by atoms with van der Waals surface area (Å²) in [6.45, 7) is 7.75. The zero-order chi connectivity index (χ0) is 24.6. The first kappa shape index (κ1) is 23.9. The second-order valence-electron chi connectivity index (χ2n) is 8.11. The maximum absolute atomic E-state index is 13.6. The number of nitrogens with one attached hydrogen (secondary N) is 1. The van der Waals surface area contributed by atoms with Crippen LogP contribution in [-0.4, -0.2) is 24.0 Å². The predicted molar refractivity (Wildman–Crippen MR) is 139 cm³/mol. The van der Waals surface area contributed by atoms with E-state index in [0.717, 1.165) is 28.0 Å². The van der Waals surface area contributed by atoms with E-state index in [4.69, 9.17) is 21.3 Å². The Bertz CT molecular complexity index is 1420. The molecule has 0 bridgehead atoms. The van der Waals surface area contributed by atoms with E-state index in [-0.39, 0.29) is 5.91 Å². The number of halogens is 1. The molecule has 0 unspecified atom stereocenters. The van der Waals surface area contributed by atoms with Crippen LogP contribution in [0.3, 0.4) is 0 Å². The number of anilines is 1. The number of thiophene rings is 1. The van der Waals surface area contributed by atoms with Gasteiger partial charge >= 0.3 is 5.97 Å². The third kappa shape index (κ3) is 4.31. The van der Waals surface area contributed by atoms with E-state index in [2.05, 4.69) is 24.4 Å². The average Bonchev–Trinajstić information content (AvgIpc) is 3.12. The molecule has 7 heteroatoms. The molecule has 0 saturated heterocycles. The Balaban J connectivity index is 1.86. The molecule has 0 aliphatic heterocycles. The lowest BCUT2D eigenvalue weighted by Gasteiger charge is -2.13. The van der Waals surface area contributed by atoms with Gasteiger partial charge in [-0.3, -0.25) is 4.79 Å². The number of amides is 1. The van der Waals surface area contributed by atoms with Gasteiger partial charge in [0.2, 0.25) is 0 Å². The highest BCUT2D eigenvalue weighted by Gasteiger charge is 2.23. The molecule has 1 amide bonds. The van der Waals surface area contributed by atoms with E-state index >= 15 is 0 Å². The van der Waals surface area contributed by atoms with Crippen LogP contribution in [0.25, 0.3) is 22.2 Å². The molecule has 2 aromatic carbocycles. The van der Waals surface area contributed by atoms with E-state index in [1.54, 1.807) is 12.1 Å². The van der Waals surface area contributed by atoms with Crippen LogP contribution in [0.4, 0.5) is 5.00 Å². The van der Waals surface area contributed by atoms with Gasteiger partial charge in [0.25, 0.3) is 5.91 Å². The lowest BCUT2D eigenvalue weighted by molar-refractivity contribution is 0.0601. The number of carbonyl (C=O) groups excluding carboxylic acids is 2. The third-order valence-electron chi connectivity index (χ3n) is 6.07. The van der Waals surface area contributed by atoms with Crippen molar-refractivity contribution in [1.82, 2.24) is 4.98 Å². The zero-order valence-electron chi connectivity index (χ0n) is 19.7. The van der Waals surface area contributed by atoms with E-state index in [1.807, 2.05) is 39.0 Å². The number of fused-ring (bicyclic) bond motifs is 1. The monoisotopic (exact) mass is 492 g/mol. The highest BCUT2D eigenvalue weighted by atomic mass is 35.5. The first-order valence-electron chi connectivity index (χ1n) is 10.9. The van der Waals surface area contributed by atoms with Gasteiger partial charge in [-0.15, -0.1) is 11.3 Å². The van der Waals surface area contributed by atoms with Crippen molar-refractivity contribution in [2.45, 2.75) is 34.1 Å². The number of nitrogens with zero attached hydrogens (tertiary/aromatic N) is 1. The number of rotatable bonds is 5. The number of hydrogen-bond acceptors (Lipinski definition) is 5. The van der Waals surface area contributed by atoms with Crippen LogP contribution < -0.4 is 5.32 Å². The van der Waals surface area contributed by atoms with Crippen LogP contribution in [0.5, 0.6) is 0 Å². The molecule has 0 aliphatic rings. The molecule has 4 rings (SSSR count). The summed E-state index contributed by atoms with van der Waals surface area (Å²) in [4.78, 5) is 31.7. The largest absolute Gasteiger partial charge is 0.465 e. The van der Waals surface area contributed by atoms with Gasteiger partial charge in [0.15, 0.2) is 0 Å². The van der Waals surface area contributed by atoms with Gasteiger partial charge in [0.05, 0.1) is 29.4 Å². The molecule has 0 aliphatic carbocycles. The van der Waals surface area contributed by atoms with Crippen molar-refractivity contribution in [2.75, 3.05) is 12.4 Å². The molecule has 5 nitrogen and oxygen atoms in total. The highest BCUT2D eigenvalue weighted by Crippen LogP contribution is 2.35. The van der Waals surface area contributed by atoms with Gasteiger partial charge in [-0.25, -0.2) is 9.78 Å². The van der Waals surface area contributed by atoms with Crippen molar-refractivity contribution in [1.29, 1.82) is 0 Å². The van der Waals surface area contributed by atoms with Gasteiger partial charge in [-0.05, 0) is 56.0 Å². The van der Waals surface area contributed by atoms with E-state index in [9.17, 15) is 9.59 Å². The Kier molecular flexibility index (Phi) is 6.73. The van der Waals surface area contributed by atoms with Crippen molar-refractivity contribution in [3.63, 3.8) is 0 Å². The summed E-state index contributed by atoms with van der Waals surface area (Å²) in [5.41, 5.74) is 5.92. The van der Waals surface area contributed by atoms with Gasteiger partial charge in [-0.1, -0.05) is 48.9 Å². The maximum atomic E-state index is 13.6. The molecule has 0 fully saturated rings. The normalized spacial score (nSPS) is 11.0. The fourth-order valence-corrected chi connectivity index (χ4v) is 5.08. The predicted octanol–water partition coefficient (Wildman–Crippen LogP) is 7.14. The summed E-state index contributed by atoms with van der Waals surface area (Å²) >= 11 is 7.74. The van der Waals surface area contributed by atoms with Gasteiger partial charge in [0.1, 0.15) is 5.00 Å². The number of ether oxygens (including phenoxy) is 1. The number of carbonyl (C=O) groups is 2. The Morgan fingerprint density at radius 3 is 2.41 bits per heavy atom. The lowest BCUT2D eigenvalue weighted by Crippen LogP contribution is -2.15. The summed E-state index contributed by atoms with van der Waals surface area (Å²) in [6, 6.07) is 13.5. The van der Waals surface area contributed by atoms with Gasteiger partial charge in [0, 0.05) is 20.8 Å².